The van der Waals surface area contributed by atoms with Crippen LogP contribution in [0.25, 0.3) is 10.9 Å². The summed E-state index contributed by atoms with van der Waals surface area (Å²) in [5, 5.41) is 3.47. The highest BCUT2D eigenvalue weighted by Gasteiger charge is 2.42. The maximum absolute atomic E-state index is 14.2. The maximum Gasteiger partial charge on any atom is 0.416 e. The molecule has 0 spiro atoms. The van der Waals surface area contributed by atoms with E-state index in [0.29, 0.717) is 28.4 Å². The number of hydrogen-bond donors (Lipinski definition) is 2. The summed E-state index contributed by atoms with van der Waals surface area (Å²) < 4.78 is 69.8. The van der Waals surface area contributed by atoms with Gasteiger partial charge in [0.25, 0.3) is 0 Å². The van der Waals surface area contributed by atoms with Crippen molar-refractivity contribution in [3.05, 3.63) is 76.3 Å². The first-order valence-corrected chi connectivity index (χ1v) is 14.3. The number of benzene rings is 2. The van der Waals surface area contributed by atoms with Gasteiger partial charge in [-0.2, -0.15) is 18.2 Å². The molecule has 2 aromatic carbocycles. The van der Waals surface area contributed by atoms with Crippen LogP contribution in [0.15, 0.2) is 65.2 Å². The summed E-state index contributed by atoms with van der Waals surface area (Å²) >= 11 is 0. The summed E-state index contributed by atoms with van der Waals surface area (Å²) in [6.45, 7) is 1.57. The van der Waals surface area contributed by atoms with E-state index in [1.165, 1.54) is 39.5 Å². The molecule has 0 saturated carbocycles. The van der Waals surface area contributed by atoms with Crippen molar-refractivity contribution in [3.63, 3.8) is 0 Å². The number of anilines is 2. The molecule has 0 amide bonds. The molecule has 4 rings (SSSR count). The van der Waals surface area contributed by atoms with Gasteiger partial charge in [-0.05, 0) is 24.6 Å². The van der Waals surface area contributed by atoms with Crippen molar-refractivity contribution in [2.24, 2.45) is 0 Å². The smallest absolute Gasteiger partial charge is 0.416 e. The number of alkyl halides is 3. The van der Waals surface area contributed by atoms with Crippen molar-refractivity contribution >= 4 is 34.6 Å². The molecule has 0 bridgehead atoms. The monoisotopic (exact) mass is 657 g/mol. The molecule has 12 nitrogen and oxygen atoms in total. The van der Waals surface area contributed by atoms with Gasteiger partial charge < -0.3 is 39.6 Å². The van der Waals surface area contributed by atoms with Crippen LogP contribution in [0.5, 0.6) is 11.5 Å². The van der Waals surface area contributed by atoms with Gasteiger partial charge in [-0.25, -0.2) is 14.6 Å². The van der Waals surface area contributed by atoms with Crippen molar-refractivity contribution in [3.8, 4) is 11.5 Å². The Morgan fingerprint density at radius 2 is 1.81 bits per heavy atom. The van der Waals surface area contributed by atoms with Gasteiger partial charge in [0.1, 0.15) is 17.5 Å². The van der Waals surface area contributed by atoms with E-state index in [2.05, 4.69) is 15.3 Å². The Morgan fingerprint density at radius 1 is 1.11 bits per heavy atom. The highest BCUT2D eigenvalue weighted by Crippen LogP contribution is 2.44. The van der Waals surface area contributed by atoms with Crippen molar-refractivity contribution in [1.29, 1.82) is 0 Å². The summed E-state index contributed by atoms with van der Waals surface area (Å²) in [6.07, 6.45) is -3.78. The van der Waals surface area contributed by atoms with E-state index in [4.69, 9.17) is 29.4 Å². The van der Waals surface area contributed by atoms with E-state index in [-0.39, 0.29) is 60.5 Å². The number of fused-ring (bicyclic) bond motifs is 1. The first-order chi connectivity index (χ1) is 22.5. The number of rotatable bonds is 13. The number of halogens is 3. The lowest BCUT2D eigenvalue weighted by Gasteiger charge is -2.32. The summed E-state index contributed by atoms with van der Waals surface area (Å²) in [5.41, 5.74) is 5.42. The molecule has 3 N–H and O–H groups in total. The summed E-state index contributed by atoms with van der Waals surface area (Å²) in [5.74, 6) is 0.700. The number of allylic oxidation sites excluding steroid dienone is 2. The maximum atomic E-state index is 14.2. The molecule has 3 aromatic rings. The number of hydrogen-bond acceptors (Lipinski definition) is 12. The Balaban J connectivity index is 1.64. The van der Waals surface area contributed by atoms with Crippen LogP contribution in [0.3, 0.4) is 0 Å². The molecule has 1 aliphatic heterocycles. The zero-order chi connectivity index (χ0) is 34.3. The Morgan fingerprint density at radius 3 is 2.45 bits per heavy atom. The number of nitrogens with one attached hydrogen (secondary N) is 1. The molecular formula is C32H34F3N5O7. The molecule has 15 heteroatoms. The standard InChI is InChI=1S/C32H34F3N5O7/c1-6-47-30(42)27-23(37-21(11-13-41)28(45-5)26(27)18-9-7-8-10-20(18)32(33,34)35)17-46-14-12-40(2)31-38-22-16-25(44-4)24(43-3)15-19(22)29(36)39-31/h7-11,15-16,26,37H,6,12,14,17H2,1-5H3,(H2,36,38,39). The van der Waals surface area contributed by atoms with Gasteiger partial charge in [0.15, 0.2) is 11.5 Å². The highest BCUT2D eigenvalue weighted by atomic mass is 19.4. The van der Waals surface area contributed by atoms with Crippen LogP contribution in [0.2, 0.25) is 0 Å². The number of nitrogen functional groups attached to an aromatic ring is 1. The molecule has 2 heterocycles. The molecule has 0 aliphatic carbocycles. The number of likely N-dealkylation sites (N-methyl/N-ethyl adjacent to an activating group) is 1. The molecule has 0 fully saturated rings. The zero-order valence-corrected chi connectivity index (χ0v) is 26.4. The second kappa shape index (κ2) is 14.9. The SMILES string of the molecule is CCOC(=O)C1=C(COCCN(C)c2nc(N)c3cc(OC)c(OC)cc3n2)NC(C=C=O)=C(OC)C1c1ccccc1C(F)(F)F. The van der Waals surface area contributed by atoms with Gasteiger partial charge in [-0.15, -0.1) is 0 Å². The number of carbonyl (C=O) groups excluding carboxylic acids is 2. The second-order valence-corrected chi connectivity index (χ2v) is 10.1. The van der Waals surface area contributed by atoms with Crippen molar-refractivity contribution < 1.29 is 46.4 Å². The molecule has 1 aromatic heterocycles. The van der Waals surface area contributed by atoms with Crippen LogP contribution < -0.4 is 25.4 Å². The predicted octanol–water partition coefficient (Wildman–Crippen LogP) is 4.15. The number of nitrogens with two attached hydrogens (primary N) is 1. The summed E-state index contributed by atoms with van der Waals surface area (Å²) in [4.78, 5) is 35.4. The number of carbonyl (C=O) groups is 1. The van der Waals surface area contributed by atoms with E-state index < -0.39 is 23.6 Å². The minimum Gasteiger partial charge on any atom is -0.498 e. The molecule has 1 aliphatic rings. The lowest BCUT2D eigenvalue weighted by molar-refractivity contribution is -0.141. The van der Waals surface area contributed by atoms with E-state index in [9.17, 15) is 22.8 Å². The van der Waals surface area contributed by atoms with E-state index in [1.54, 1.807) is 36.9 Å². The van der Waals surface area contributed by atoms with Gasteiger partial charge >= 0.3 is 12.1 Å². The van der Waals surface area contributed by atoms with Crippen LogP contribution >= 0.6 is 0 Å². The fourth-order valence-electron chi connectivity index (χ4n) is 5.13. The Hall–Kier alpha value is -5.27. The van der Waals surface area contributed by atoms with Crippen molar-refractivity contribution in [2.75, 3.05) is 65.4 Å². The molecule has 1 atom stereocenters. The number of ether oxygens (including phenoxy) is 5. The second-order valence-electron chi connectivity index (χ2n) is 10.1. The zero-order valence-electron chi connectivity index (χ0n) is 26.4. The number of aromatic nitrogens is 2. The van der Waals surface area contributed by atoms with Gasteiger partial charge in [0.2, 0.25) is 5.95 Å². The van der Waals surface area contributed by atoms with E-state index >= 15 is 0 Å². The lowest BCUT2D eigenvalue weighted by Crippen LogP contribution is -2.34. The minimum absolute atomic E-state index is 0.0142. The van der Waals surface area contributed by atoms with Gasteiger partial charge in [-0.3, -0.25) is 0 Å². The molecule has 0 saturated heterocycles. The minimum atomic E-state index is -4.76. The number of dihydropyridines is 1. The molecule has 250 valence electrons. The lowest BCUT2D eigenvalue weighted by atomic mass is 9.82. The first kappa shape index (κ1) is 34.6. The highest BCUT2D eigenvalue weighted by molar-refractivity contribution is 5.93. The first-order valence-electron chi connectivity index (χ1n) is 14.3. The third kappa shape index (κ3) is 7.42. The number of esters is 1. The largest absolute Gasteiger partial charge is 0.498 e. The normalized spacial score (nSPS) is 14.8. The van der Waals surface area contributed by atoms with Gasteiger partial charge in [-0.1, -0.05) is 18.2 Å². The van der Waals surface area contributed by atoms with Crippen LogP contribution in [0, 0.1) is 0 Å². The topological polar surface area (TPSA) is 147 Å². The molecule has 1 unspecified atom stereocenters. The fraction of sp³-hybridized carbons (Fsp3) is 0.344. The van der Waals surface area contributed by atoms with Crippen LogP contribution in [0.1, 0.15) is 24.0 Å². The van der Waals surface area contributed by atoms with Crippen LogP contribution in [-0.4, -0.2) is 76.6 Å². The average molecular weight is 658 g/mol. The third-order valence-electron chi connectivity index (χ3n) is 7.30. The van der Waals surface area contributed by atoms with E-state index in [0.717, 1.165) is 12.1 Å². The summed E-state index contributed by atoms with van der Waals surface area (Å²) in [7, 11) is 5.96. The number of methoxy groups -OCH3 is 3. The molecule has 47 heavy (non-hydrogen) atoms. The number of nitrogens with zero attached hydrogens (tertiary/aromatic N) is 3. The quantitative estimate of drug-likeness (QED) is 0.155. The fourth-order valence-corrected chi connectivity index (χ4v) is 5.13. The van der Waals surface area contributed by atoms with Crippen molar-refractivity contribution in [1.82, 2.24) is 15.3 Å². The van der Waals surface area contributed by atoms with Gasteiger partial charge in [0, 0.05) is 31.1 Å². The Bertz CT molecular complexity index is 1750. The Labute approximate surface area is 268 Å². The van der Waals surface area contributed by atoms with Crippen LogP contribution in [-0.2, 0) is 30.0 Å². The molecular weight excluding hydrogens is 623 g/mol. The van der Waals surface area contributed by atoms with E-state index in [1.807, 2.05) is 0 Å². The summed E-state index contributed by atoms with van der Waals surface area (Å²) in [6, 6.07) is 8.16. The molecule has 0 radical (unpaired) electrons. The Kier molecular flexibility index (Phi) is 11.0. The van der Waals surface area contributed by atoms with Crippen molar-refractivity contribution in [2.45, 2.75) is 19.0 Å². The third-order valence-corrected chi connectivity index (χ3v) is 7.30. The van der Waals surface area contributed by atoms with Gasteiger partial charge in [0.05, 0.1) is 75.1 Å². The average Bonchev–Trinajstić information content (AvgIpc) is 3.05. The predicted molar refractivity (Wildman–Crippen MR) is 166 cm³/mol. The van der Waals surface area contributed by atoms with Crippen LogP contribution in [0.4, 0.5) is 24.9 Å².